The summed E-state index contributed by atoms with van der Waals surface area (Å²) in [4.78, 5) is 10.2. The summed E-state index contributed by atoms with van der Waals surface area (Å²) >= 11 is 1.31. The van der Waals surface area contributed by atoms with Gasteiger partial charge in [0, 0.05) is 0 Å². The van der Waals surface area contributed by atoms with Crippen LogP contribution in [0.25, 0.3) is 0 Å². The molecule has 0 saturated heterocycles. The summed E-state index contributed by atoms with van der Waals surface area (Å²) in [5.74, 6) is -0.786. The van der Waals surface area contributed by atoms with E-state index >= 15 is 0 Å². The third-order valence-electron chi connectivity index (χ3n) is 1.20. The molecule has 0 aliphatic heterocycles. The van der Waals surface area contributed by atoms with E-state index in [1.807, 2.05) is 18.2 Å². The van der Waals surface area contributed by atoms with Crippen LogP contribution in [-0.2, 0) is 11.2 Å². The number of benzene rings is 1. The van der Waals surface area contributed by atoms with Crippen molar-refractivity contribution in [2.75, 3.05) is 0 Å². The third-order valence-corrected chi connectivity index (χ3v) is 1.20. The Morgan fingerprint density at radius 3 is 2.25 bits per heavy atom. The van der Waals surface area contributed by atoms with E-state index in [0.29, 0.717) is 0 Å². The Bertz CT molecular complexity index is 221. The fourth-order valence-electron chi connectivity index (χ4n) is 0.770. The average molecular weight is 174 g/mol. The molecule has 3 heteroatoms. The van der Waals surface area contributed by atoms with Crippen LogP contribution in [0, 0.1) is 0 Å². The van der Waals surface area contributed by atoms with Gasteiger partial charge in [-0.05, 0) is 5.56 Å². The molecule has 0 bridgehead atoms. The predicted molar refractivity (Wildman–Crippen MR) is 49.4 cm³/mol. The van der Waals surface area contributed by atoms with Crippen molar-refractivity contribution in [1.29, 1.82) is 0 Å². The van der Waals surface area contributed by atoms with E-state index in [-0.39, 0.29) is 6.42 Å². The summed E-state index contributed by atoms with van der Waals surface area (Å²) < 4.78 is 2.14. The molecule has 0 aliphatic carbocycles. The number of aliphatic carboxylic acids is 1. The van der Waals surface area contributed by atoms with Crippen LogP contribution in [0.2, 0.25) is 4.17 Å². The topological polar surface area (TPSA) is 37.3 Å². The van der Waals surface area contributed by atoms with Crippen LogP contribution in [0.5, 0.6) is 0 Å². The third kappa shape index (κ3) is 5.35. The average Bonchev–Trinajstić information content (AvgIpc) is 2.08. The van der Waals surface area contributed by atoms with Crippen LogP contribution in [0.4, 0.5) is 0 Å². The predicted octanol–water partition coefficient (Wildman–Crippen LogP) is 1.52. The Hall–Kier alpha value is -0.310. The zero-order valence-corrected chi connectivity index (χ0v) is 9.45. The van der Waals surface area contributed by atoms with Gasteiger partial charge >= 0.3 is 38.1 Å². The van der Waals surface area contributed by atoms with Crippen LogP contribution in [-0.4, -0.2) is 39.0 Å². The molecule has 0 saturated carbocycles. The van der Waals surface area contributed by atoms with E-state index < -0.39 is 5.97 Å². The van der Waals surface area contributed by atoms with Gasteiger partial charge in [0.1, 0.15) is 0 Å². The van der Waals surface area contributed by atoms with Gasteiger partial charge in [0.25, 0.3) is 0 Å². The van der Waals surface area contributed by atoms with Crippen molar-refractivity contribution >= 4 is 33.9 Å². The summed E-state index contributed by atoms with van der Waals surface area (Å²) in [5.41, 5.74) is 0.843. The summed E-state index contributed by atoms with van der Waals surface area (Å²) in [5, 5.41) is 8.37. The van der Waals surface area contributed by atoms with Gasteiger partial charge < -0.3 is 5.11 Å². The number of carboxylic acids is 1. The second kappa shape index (κ2) is 7.35. The summed E-state index contributed by atoms with van der Waals surface area (Å²) in [7, 11) is 0. The molecule has 0 amide bonds. The zero-order valence-electron chi connectivity index (χ0n) is 7.45. The molecule has 0 heterocycles. The van der Waals surface area contributed by atoms with E-state index in [9.17, 15) is 4.79 Å². The van der Waals surface area contributed by atoms with Gasteiger partial charge in [-0.2, -0.15) is 0 Å². The van der Waals surface area contributed by atoms with Crippen molar-refractivity contribution in [3.05, 3.63) is 35.9 Å². The van der Waals surface area contributed by atoms with Crippen LogP contribution in [0.1, 0.15) is 5.56 Å². The second-order valence-corrected chi connectivity index (χ2v) is 2.06. The van der Waals surface area contributed by atoms with Crippen molar-refractivity contribution in [2.45, 2.75) is 10.6 Å². The molecule has 0 atom stereocenters. The van der Waals surface area contributed by atoms with Gasteiger partial charge in [0.2, 0.25) is 0 Å². The maximum absolute atomic E-state index is 10.2. The fourth-order valence-corrected chi connectivity index (χ4v) is 0.770. The monoisotopic (exact) mass is 174 g/mol. The molecule has 0 radical (unpaired) electrons. The number of hydrogen-bond donors (Lipinski definition) is 1. The molecule has 60 valence electrons. The molecular formula is C9H11NaO2. The first-order valence-electron chi connectivity index (χ1n) is 4.05. The van der Waals surface area contributed by atoms with Crippen molar-refractivity contribution in [1.82, 2.24) is 0 Å². The molecule has 1 aromatic rings. The van der Waals surface area contributed by atoms with Crippen LogP contribution in [0.3, 0.4) is 0 Å². The van der Waals surface area contributed by atoms with Gasteiger partial charge in [-0.1, -0.05) is 30.3 Å². The Morgan fingerprint density at radius 1 is 1.33 bits per heavy atom. The first-order chi connectivity index (χ1) is 5.79. The first-order valence-corrected chi connectivity index (χ1v) is 6.05. The Kier molecular flexibility index (Phi) is 7.16. The molecule has 0 fully saturated rings. The zero-order chi connectivity index (χ0) is 9.40. The number of carboxylic acid groups (broad SMARTS) is 1. The molecular weight excluding hydrogens is 163 g/mol. The van der Waals surface area contributed by atoms with Gasteiger partial charge in [-0.3, -0.25) is 4.79 Å². The molecule has 0 aliphatic rings. The van der Waals surface area contributed by atoms with Gasteiger partial charge in [0.05, 0.1) is 6.42 Å². The molecule has 2 nitrogen and oxygen atoms in total. The van der Waals surface area contributed by atoms with Crippen LogP contribution >= 0.6 is 0 Å². The maximum atomic E-state index is 10.2. The molecule has 12 heavy (non-hydrogen) atoms. The van der Waals surface area contributed by atoms with E-state index in [1.165, 1.54) is 27.9 Å². The molecule has 1 aromatic carbocycles. The number of hydrogen-bond acceptors (Lipinski definition) is 1. The van der Waals surface area contributed by atoms with Gasteiger partial charge in [0.15, 0.2) is 0 Å². The molecule has 0 aromatic heterocycles. The normalized spacial score (nSPS) is 8.25. The molecule has 0 spiro atoms. The minimum atomic E-state index is -0.786. The molecule has 1 rings (SSSR count). The van der Waals surface area contributed by atoms with Crippen molar-refractivity contribution in [2.24, 2.45) is 0 Å². The van der Waals surface area contributed by atoms with E-state index in [1.54, 1.807) is 12.1 Å². The van der Waals surface area contributed by atoms with Crippen molar-refractivity contribution in [3.8, 4) is 0 Å². The summed E-state index contributed by atoms with van der Waals surface area (Å²) in [6, 6.07) is 9.13. The van der Waals surface area contributed by atoms with Crippen molar-refractivity contribution < 1.29 is 9.90 Å². The Labute approximate surface area is 90.0 Å². The minimum absolute atomic E-state index is 0.112. The van der Waals surface area contributed by atoms with E-state index in [0.717, 1.165) is 5.56 Å². The second-order valence-electron chi connectivity index (χ2n) is 2.06. The first kappa shape index (κ1) is 11.7. The Balaban J connectivity index is 0.000000561. The SMILES string of the molecule is O=C(O)Cc1ccccc1.[CH3][Na]. The molecule has 1 N–H and O–H groups in total. The Morgan fingerprint density at radius 2 is 1.83 bits per heavy atom. The van der Waals surface area contributed by atoms with Crippen LogP contribution in [0.15, 0.2) is 30.3 Å². The van der Waals surface area contributed by atoms with Gasteiger partial charge in [-0.15, -0.1) is 0 Å². The summed E-state index contributed by atoms with van der Waals surface area (Å²) in [6.45, 7) is 0. The van der Waals surface area contributed by atoms with Crippen LogP contribution < -0.4 is 0 Å². The van der Waals surface area contributed by atoms with E-state index in [4.69, 9.17) is 5.11 Å². The number of rotatable bonds is 2. The number of carbonyl (C=O) groups is 1. The summed E-state index contributed by atoms with van der Waals surface area (Å²) in [6.07, 6.45) is 0.112. The quantitative estimate of drug-likeness (QED) is 0.690. The fraction of sp³-hybridized carbons (Fsp3) is 0.222. The molecule has 0 unspecified atom stereocenters. The van der Waals surface area contributed by atoms with Gasteiger partial charge in [-0.25, -0.2) is 0 Å². The van der Waals surface area contributed by atoms with E-state index in [2.05, 4.69) is 4.17 Å². The standard InChI is InChI=1S/C8H8O2.CH3.Na/c9-8(10)6-7-4-2-1-3-5-7;;/h1-5H,6H2,(H,9,10);1H3;. The van der Waals surface area contributed by atoms with Crippen molar-refractivity contribution in [3.63, 3.8) is 0 Å².